The normalized spacial score (nSPS) is 11.7. The van der Waals surface area contributed by atoms with Gasteiger partial charge in [-0.25, -0.2) is 4.79 Å². The second-order valence-electron chi connectivity index (χ2n) is 2.05. The van der Waals surface area contributed by atoms with Crippen molar-refractivity contribution in [3.05, 3.63) is 12.7 Å². The lowest BCUT2D eigenvalue weighted by Gasteiger charge is -2.07. The average Bonchev–Trinajstić information content (AvgIpc) is 1.85. The molecule has 4 nitrogen and oxygen atoms in total. The van der Waals surface area contributed by atoms with Crippen LogP contribution in [0.5, 0.6) is 0 Å². The van der Waals surface area contributed by atoms with Gasteiger partial charge < -0.3 is 9.84 Å². The second-order valence-corrected chi connectivity index (χ2v) is 2.05. The van der Waals surface area contributed by atoms with Crippen molar-refractivity contribution in [2.24, 2.45) is 0 Å². The topological polar surface area (TPSA) is 63.6 Å². The first-order valence-corrected chi connectivity index (χ1v) is 3.11. The minimum Gasteiger partial charge on any atom is -0.481 e. The molecule has 0 bridgehead atoms. The van der Waals surface area contributed by atoms with Crippen LogP contribution in [0, 0.1) is 0 Å². The van der Waals surface area contributed by atoms with Crippen molar-refractivity contribution in [3.8, 4) is 0 Å². The molecule has 0 rings (SSSR count). The van der Waals surface area contributed by atoms with E-state index in [1.165, 1.54) is 6.92 Å². The second kappa shape index (κ2) is 4.49. The molecular formula is C7H10O4. The van der Waals surface area contributed by atoms with Crippen LogP contribution in [-0.2, 0) is 14.3 Å². The van der Waals surface area contributed by atoms with E-state index in [4.69, 9.17) is 5.11 Å². The lowest BCUT2D eigenvalue weighted by Crippen LogP contribution is -2.16. The fourth-order valence-corrected chi connectivity index (χ4v) is 0.534. The zero-order valence-electron chi connectivity index (χ0n) is 6.24. The third kappa shape index (κ3) is 5.14. The van der Waals surface area contributed by atoms with Gasteiger partial charge in [0.15, 0.2) is 0 Å². The van der Waals surface area contributed by atoms with Crippen LogP contribution in [0.25, 0.3) is 0 Å². The number of rotatable bonds is 4. The van der Waals surface area contributed by atoms with Crippen LogP contribution in [-0.4, -0.2) is 23.1 Å². The number of esters is 1. The molecule has 0 radical (unpaired) electrons. The molecule has 0 amide bonds. The van der Waals surface area contributed by atoms with Crippen LogP contribution in [0.1, 0.15) is 13.3 Å². The minimum atomic E-state index is -0.991. The highest BCUT2D eigenvalue weighted by Crippen LogP contribution is 1.97. The van der Waals surface area contributed by atoms with E-state index >= 15 is 0 Å². The largest absolute Gasteiger partial charge is 0.481 e. The van der Waals surface area contributed by atoms with Crippen LogP contribution < -0.4 is 0 Å². The van der Waals surface area contributed by atoms with Gasteiger partial charge in [-0.2, -0.15) is 0 Å². The Bertz CT molecular complexity index is 173. The highest BCUT2D eigenvalue weighted by Gasteiger charge is 2.09. The smallest absolute Gasteiger partial charge is 0.330 e. The molecule has 1 N–H and O–H groups in total. The monoisotopic (exact) mass is 158 g/mol. The van der Waals surface area contributed by atoms with Gasteiger partial charge in [-0.05, 0) is 6.92 Å². The first-order valence-electron chi connectivity index (χ1n) is 3.11. The first kappa shape index (κ1) is 9.68. The maximum absolute atomic E-state index is 10.5. The van der Waals surface area contributed by atoms with Crippen LogP contribution in [0.2, 0.25) is 0 Å². The summed E-state index contributed by atoms with van der Waals surface area (Å²) in [5.74, 6) is -1.59. The molecule has 0 heterocycles. The van der Waals surface area contributed by atoms with Gasteiger partial charge in [0.1, 0.15) is 6.10 Å². The molecule has 0 aromatic rings. The Kier molecular flexibility index (Phi) is 3.95. The predicted molar refractivity (Wildman–Crippen MR) is 38.0 cm³/mol. The molecule has 0 fully saturated rings. The summed E-state index contributed by atoms with van der Waals surface area (Å²) in [6.45, 7) is 4.68. The van der Waals surface area contributed by atoms with Gasteiger partial charge in [0.25, 0.3) is 0 Å². The molecular weight excluding hydrogens is 148 g/mol. The highest BCUT2D eigenvalue weighted by atomic mass is 16.5. The van der Waals surface area contributed by atoms with Crippen molar-refractivity contribution in [2.75, 3.05) is 0 Å². The fraction of sp³-hybridized carbons (Fsp3) is 0.429. The van der Waals surface area contributed by atoms with Crippen LogP contribution in [0.3, 0.4) is 0 Å². The quantitative estimate of drug-likeness (QED) is 0.480. The van der Waals surface area contributed by atoms with E-state index in [9.17, 15) is 9.59 Å². The van der Waals surface area contributed by atoms with Crippen molar-refractivity contribution in [2.45, 2.75) is 19.4 Å². The van der Waals surface area contributed by atoms with E-state index in [2.05, 4.69) is 11.3 Å². The van der Waals surface area contributed by atoms with Crippen molar-refractivity contribution in [1.29, 1.82) is 0 Å². The molecule has 0 saturated carbocycles. The molecule has 0 aliphatic rings. The maximum atomic E-state index is 10.5. The number of carboxylic acids is 1. The molecule has 0 aromatic heterocycles. The lowest BCUT2D eigenvalue weighted by molar-refractivity contribution is -0.147. The van der Waals surface area contributed by atoms with E-state index in [0.717, 1.165) is 6.08 Å². The van der Waals surface area contributed by atoms with Crippen molar-refractivity contribution < 1.29 is 19.4 Å². The van der Waals surface area contributed by atoms with Crippen molar-refractivity contribution in [3.63, 3.8) is 0 Å². The molecule has 0 aliphatic heterocycles. The number of carbonyl (C=O) groups is 2. The summed E-state index contributed by atoms with van der Waals surface area (Å²) in [5.41, 5.74) is 0. The molecule has 11 heavy (non-hydrogen) atoms. The molecule has 0 aliphatic carbocycles. The zero-order chi connectivity index (χ0) is 8.85. The third-order valence-corrected chi connectivity index (χ3v) is 0.946. The van der Waals surface area contributed by atoms with Gasteiger partial charge in [0, 0.05) is 6.08 Å². The number of aliphatic carboxylic acids is 1. The molecule has 62 valence electrons. The number of hydrogen-bond acceptors (Lipinski definition) is 3. The minimum absolute atomic E-state index is 0.181. The Morgan fingerprint density at radius 2 is 2.27 bits per heavy atom. The van der Waals surface area contributed by atoms with Crippen LogP contribution >= 0.6 is 0 Å². The van der Waals surface area contributed by atoms with Crippen LogP contribution in [0.4, 0.5) is 0 Å². The Morgan fingerprint density at radius 1 is 1.73 bits per heavy atom. The van der Waals surface area contributed by atoms with E-state index in [-0.39, 0.29) is 6.42 Å². The first-order chi connectivity index (χ1) is 5.06. The van der Waals surface area contributed by atoms with Crippen LogP contribution in [0.15, 0.2) is 12.7 Å². The van der Waals surface area contributed by atoms with Gasteiger partial charge in [-0.1, -0.05) is 6.58 Å². The zero-order valence-corrected chi connectivity index (χ0v) is 6.24. The van der Waals surface area contributed by atoms with E-state index in [1.54, 1.807) is 0 Å². The predicted octanol–water partition coefficient (Wildman–Crippen LogP) is 0.579. The Hall–Kier alpha value is -1.32. The summed E-state index contributed by atoms with van der Waals surface area (Å²) in [5, 5.41) is 8.25. The van der Waals surface area contributed by atoms with Crippen molar-refractivity contribution in [1.82, 2.24) is 0 Å². The van der Waals surface area contributed by atoms with Crippen molar-refractivity contribution >= 4 is 11.9 Å². The highest BCUT2D eigenvalue weighted by molar-refractivity contribution is 5.81. The number of hydrogen-bond donors (Lipinski definition) is 1. The van der Waals surface area contributed by atoms with Gasteiger partial charge >= 0.3 is 11.9 Å². The molecule has 0 unspecified atom stereocenters. The van der Waals surface area contributed by atoms with Gasteiger partial charge in [0.2, 0.25) is 0 Å². The SMILES string of the molecule is C=CC(=O)O[C@H](C)CC(=O)O. The Morgan fingerprint density at radius 3 is 2.64 bits per heavy atom. The van der Waals surface area contributed by atoms with Gasteiger partial charge in [-0.3, -0.25) is 4.79 Å². The molecule has 0 spiro atoms. The summed E-state index contributed by atoms with van der Waals surface area (Å²) in [6.07, 6.45) is 0.218. The van der Waals surface area contributed by atoms with E-state index in [1.807, 2.05) is 0 Å². The number of ether oxygens (including phenoxy) is 1. The number of carboxylic acid groups (broad SMARTS) is 1. The standard InChI is InChI=1S/C7H10O4/c1-3-7(10)11-5(2)4-6(8)9/h3,5H,1,4H2,2H3,(H,8,9)/t5-/m1/s1. The Labute approximate surface area is 64.5 Å². The third-order valence-electron chi connectivity index (χ3n) is 0.946. The summed E-state index contributed by atoms with van der Waals surface area (Å²) in [4.78, 5) is 20.5. The van der Waals surface area contributed by atoms with E-state index in [0.29, 0.717) is 0 Å². The summed E-state index contributed by atoms with van der Waals surface area (Å²) < 4.78 is 4.57. The van der Waals surface area contributed by atoms with E-state index < -0.39 is 18.0 Å². The summed E-state index contributed by atoms with van der Waals surface area (Å²) in [7, 11) is 0. The maximum Gasteiger partial charge on any atom is 0.330 e. The summed E-state index contributed by atoms with van der Waals surface area (Å²) >= 11 is 0. The van der Waals surface area contributed by atoms with Gasteiger partial charge in [0.05, 0.1) is 6.42 Å². The molecule has 0 saturated heterocycles. The average molecular weight is 158 g/mol. The lowest BCUT2D eigenvalue weighted by atomic mass is 10.3. The Balaban J connectivity index is 3.68. The molecule has 1 atom stereocenters. The molecule has 0 aromatic carbocycles. The van der Waals surface area contributed by atoms with Gasteiger partial charge in [-0.15, -0.1) is 0 Å². The number of carbonyl (C=O) groups excluding carboxylic acids is 1. The molecule has 4 heteroatoms. The summed E-state index contributed by atoms with van der Waals surface area (Å²) in [6, 6.07) is 0. The fourth-order valence-electron chi connectivity index (χ4n) is 0.534.